The molecule has 1 atom stereocenters. The molecule has 0 radical (unpaired) electrons. The van der Waals surface area contributed by atoms with Crippen molar-refractivity contribution < 1.29 is 27.8 Å². The molecule has 0 saturated carbocycles. The van der Waals surface area contributed by atoms with Gasteiger partial charge in [-0.15, -0.1) is 0 Å². The topological polar surface area (TPSA) is 46.5 Å². The average molecular weight is 356 g/mol. The lowest BCUT2D eigenvalue weighted by Crippen LogP contribution is -2.63. The van der Waals surface area contributed by atoms with Crippen molar-refractivity contribution in [3.63, 3.8) is 0 Å². The van der Waals surface area contributed by atoms with E-state index < -0.39 is 28.7 Å². The van der Waals surface area contributed by atoms with Crippen molar-refractivity contribution in [3.8, 4) is 5.75 Å². The summed E-state index contributed by atoms with van der Waals surface area (Å²) in [7, 11) is 0. The Morgan fingerprint density at radius 3 is 2.40 bits per heavy atom. The fraction of sp³-hybridized carbons (Fsp3) is 0.526. The summed E-state index contributed by atoms with van der Waals surface area (Å²) in [5.74, 6) is -1.57. The Hall–Kier alpha value is -1.98. The van der Waals surface area contributed by atoms with Crippen molar-refractivity contribution in [1.82, 2.24) is 0 Å². The highest BCUT2D eigenvalue weighted by molar-refractivity contribution is 5.96. The second kappa shape index (κ2) is 6.73. The number of para-hydroxylation sites is 1. The molecular weight excluding hydrogens is 333 g/mol. The molecule has 3 nitrogen and oxygen atoms in total. The molecule has 25 heavy (non-hydrogen) atoms. The summed E-state index contributed by atoms with van der Waals surface area (Å²) in [4.78, 5) is 11.8. The molecule has 0 spiro atoms. The Bertz CT molecular complexity index is 677. The predicted octanol–water partition coefficient (Wildman–Crippen LogP) is 5.45. The van der Waals surface area contributed by atoms with E-state index >= 15 is 0 Å². The van der Waals surface area contributed by atoms with Gasteiger partial charge in [0.25, 0.3) is 0 Å². The van der Waals surface area contributed by atoms with Gasteiger partial charge < -0.3 is 9.84 Å². The smallest absolute Gasteiger partial charge is 0.433 e. The molecule has 1 aliphatic rings. The minimum atomic E-state index is -4.87. The number of ether oxygens (including phenoxy) is 1. The van der Waals surface area contributed by atoms with Crippen molar-refractivity contribution in [2.75, 3.05) is 0 Å². The molecule has 0 fully saturated rings. The Balaban J connectivity index is 2.65. The largest absolute Gasteiger partial charge is 0.478 e. The summed E-state index contributed by atoms with van der Waals surface area (Å²) < 4.78 is 48.3. The number of carbonyl (C=O) groups is 1. The van der Waals surface area contributed by atoms with Gasteiger partial charge in [-0.3, -0.25) is 0 Å². The van der Waals surface area contributed by atoms with E-state index in [-0.39, 0.29) is 12.2 Å². The number of hydrogen-bond acceptors (Lipinski definition) is 2. The highest BCUT2D eigenvalue weighted by Gasteiger charge is 2.70. The maximum absolute atomic E-state index is 14.3. The Morgan fingerprint density at radius 2 is 1.84 bits per heavy atom. The van der Waals surface area contributed by atoms with E-state index in [4.69, 9.17) is 4.74 Å². The summed E-state index contributed by atoms with van der Waals surface area (Å²) in [5.41, 5.74) is -4.77. The quantitative estimate of drug-likeness (QED) is 0.689. The van der Waals surface area contributed by atoms with Crippen LogP contribution in [-0.4, -0.2) is 22.9 Å². The number of halogens is 3. The van der Waals surface area contributed by atoms with Gasteiger partial charge in [-0.05, 0) is 18.6 Å². The maximum atomic E-state index is 14.3. The third kappa shape index (κ3) is 3.26. The van der Waals surface area contributed by atoms with Gasteiger partial charge in [-0.1, -0.05) is 58.2 Å². The Kier molecular flexibility index (Phi) is 5.21. The Morgan fingerprint density at radius 1 is 1.20 bits per heavy atom. The zero-order valence-electron chi connectivity index (χ0n) is 14.6. The van der Waals surface area contributed by atoms with E-state index in [1.54, 1.807) is 18.2 Å². The molecule has 2 rings (SSSR count). The van der Waals surface area contributed by atoms with Crippen LogP contribution in [0.5, 0.6) is 5.75 Å². The van der Waals surface area contributed by atoms with Crippen molar-refractivity contribution >= 4 is 12.0 Å². The molecule has 0 saturated heterocycles. The molecule has 0 bridgehead atoms. The van der Waals surface area contributed by atoms with Gasteiger partial charge in [0.05, 0.1) is 5.57 Å². The van der Waals surface area contributed by atoms with E-state index in [1.165, 1.54) is 19.9 Å². The zero-order valence-corrected chi connectivity index (χ0v) is 14.6. The number of hydrogen-bond donors (Lipinski definition) is 1. The predicted molar refractivity (Wildman–Crippen MR) is 89.4 cm³/mol. The summed E-state index contributed by atoms with van der Waals surface area (Å²) in [5, 5.41) is 9.55. The lowest BCUT2D eigenvalue weighted by Gasteiger charge is -2.49. The fourth-order valence-corrected chi connectivity index (χ4v) is 3.47. The van der Waals surface area contributed by atoms with Crippen LogP contribution in [0.1, 0.15) is 52.0 Å². The summed E-state index contributed by atoms with van der Waals surface area (Å²) >= 11 is 0. The first-order valence-corrected chi connectivity index (χ1v) is 8.37. The number of aliphatic carboxylic acids is 1. The molecule has 138 valence electrons. The minimum absolute atomic E-state index is 0.0494. The number of carboxylic acid groups (broad SMARTS) is 1. The SMILES string of the molecule is CCCCCC(C)(C)C1(C(F)(F)F)Oc2ccccc2C=C1C(=O)O. The molecule has 1 aromatic rings. The van der Waals surface area contributed by atoms with Crippen molar-refractivity contribution in [2.24, 2.45) is 5.41 Å². The lowest BCUT2D eigenvalue weighted by molar-refractivity contribution is -0.270. The summed E-state index contributed by atoms with van der Waals surface area (Å²) in [6, 6.07) is 6.19. The van der Waals surface area contributed by atoms with Gasteiger partial charge in [0.2, 0.25) is 5.60 Å². The average Bonchev–Trinajstić information content (AvgIpc) is 2.52. The monoisotopic (exact) mass is 356 g/mol. The van der Waals surface area contributed by atoms with Crippen LogP contribution in [-0.2, 0) is 4.79 Å². The molecule has 6 heteroatoms. The van der Waals surface area contributed by atoms with Gasteiger partial charge in [0, 0.05) is 11.0 Å². The first-order valence-electron chi connectivity index (χ1n) is 8.37. The Labute approximate surface area is 145 Å². The van der Waals surface area contributed by atoms with E-state index in [2.05, 4.69) is 0 Å². The fourth-order valence-electron chi connectivity index (χ4n) is 3.47. The highest BCUT2D eigenvalue weighted by atomic mass is 19.4. The lowest BCUT2D eigenvalue weighted by atomic mass is 9.65. The first kappa shape index (κ1) is 19.3. The minimum Gasteiger partial charge on any atom is -0.478 e. The van der Waals surface area contributed by atoms with Crippen LogP contribution in [0.25, 0.3) is 6.08 Å². The van der Waals surface area contributed by atoms with Crippen LogP contribution in [0.2, 0.25) is 0 Å². The van der Waals surface area contributed by atoms with Gasteiger partial charge in [-0.2, -0.15) is 13.2 Å². The molecule has 1 aromatic carbocycles. The molecule has 0 amide bonds. The van der Waals surface area contributed by atoms with Gasteiger partial charge in [-0.25, -0.2) is 4.79 Å². The molecule has 0 aliphatic carbocycles. The number of alkyl halides is 3. The van der Waals surface area contributed by atoms with E-state index in [0.29, 0.717) is 12.0 Å². The van der Waals surface area contributed by atoms with Crippen molar-refractivity contribution in [1.29, 1.82) is 0 Å². The third-order valence-corrected chi connectivity index (χ3v) is 4.85. The van der Waals surface area contributed by atoms with Crippen LogP contribution in [0.3, 0.4) is 0 Å². The number of carboxylic acids is 1. The van der Waals surface area contributed by atoms with Gasteiger partial charge in [0.15, 0.2) is 0 Å². The second-order valence-corrected chi connectivity index (χ2v) is 7.02. The van der Waals surface area contributed by atoms with E-state index in [0.717, 1.165) is 18.9 Å². The maximum Gasteiger partial charge on any atom is 0.433 e. The number of fused-ring (bicyclic) bond motifs is 1. The van der Waals surface area contributed by atoms with Gasteiger partial charge >= 0.3 is 12.1 Å². The zero-order chi connectivity index (χ0) is 18.9. The van der Waals surface area contributed by atoms with Crippen LogP contribution in [0, 0.1) is 5.41 Å². The summed E-state index contributed by atoms with van der Waals surface area (Å²) in [6.45, 7) is 4.82. The molecule has 1 aliphatic heterocycles. The second-order valence-electron chi connectivity index (χ2n) is 7.02. The summed E-state index contributed by atoms with van der Waals surface area (Å²) in [6.07, 6.45) is -1.37. The van der Waals surface area contributed by atoms with Crippen molar-refractivity contribution in [2.45, 2.75) is 58.2 Å². The van der Waals surface area contributed by atoms with Crippen molar-refractivity contribution in [3.05, 3.63) is 35.4 Å². The molecule has 1 unspecified atom stereocenters. The molecule has 1 N–H and O–H groups in total. The standard InChI is InChI=1S/C19H23F3O3/c1-4-5-8-11-17(2,3)18(19(20,21)22)14(16(23)24)12-13-9-6-7-10-15(13)25-18/h6-7,9-10,12H,4-5,8,11H2,1-3H3,(H,23,24). The van der Waals surface area contributed by atoms with E-state index in [9.17, 15) is 23.1 Å². The number of benzene rings is 1. The molecule has 1 heterocycles. The number of rotatable bonds is 6. The molecular formula is C19H23F3O3. The van der Waals surface area contributed by atoms with Crippen LogP contribution < -0.4 is 4.74 Å². The molecule has 0 aromatic heterocycles. The first-order chi connectivity index (χ1) is 11.6. The normalized spacial score (nSPS) is 20.5. The van der Waals surface area contributed by atoms with Crippen LogP contribution in [0.4, 0.5) is 13.2 Å². The third-order valence-electron chi connectivity index (χ3n) is 4.85. The van der Waals surface area contributed by atoms with Crippen LogP contribution in [0.15, 0.2) is 29.8 Å². The van der Waals surface area contributed by atoms with E-state index in [1.807, 2.05) is 6.92 Å². The van der Waals surface area contributed by atoms with Gasteiger partial charge in [0.1, 0.15) is 5.75 Å². The number of unbranched alkanes of at least 4 members (excludes halogenated alkanes) is 2. The highest BCUT2D eigenvalue weighted by Crippen LogP contribution is 2.56. The van der Waals surface area contributed by atoms with Crippen LogP contribution >= 0.6 is 0 Å².